The Hall–Kier alpha value is -3.06. The van der Waals surface area contributed by atoms with Gasteiger partial charge in [-0.15, -0.1) is 0 Å². The fraction of sp³-hybridized carbons (Fsp3) is 0.238. The molecular weight excluding hydrogens is 312 g/mol. The SMILES string of the molecule is C[C@@H]1CC(=O)C2=C(C1)OC(N)=C(C#N)[C@@H]2c1cccc2ccccc12. The zero-order valence-corrected chi connectivity index (χ0v) is 14.0. The minimum absolute atomic E-state index is 0.0481. The summed E-state index contributed by atoms with van der Waals surface area (Å²) in [7, 11) is 0. The molecule has 2 aliphatic rings. The zero-order chi connectivity index (χ0) is 17.6. The molecule has 0 fully saturated rings. The molecule has 0 saturated carbocycles. The van der Waals surface area contributed by atoms with Crippen LogP contribution in [0.3, 0.4) is 0 Å². The number of ether oxygens (including phenoxy) is 1. The molecule has 124 valence electrons. The number of benzene rings is 2. The molecule has 1 aliphatic carbocycles. The number of hydrogen-bond acceptors (Lipinski definition) is 4. The van der Waals surface area contributed by atoms with E-state index in [1.807, 2.05) is 49.4 Å². The van der Waals surface area contributed by atoms with Crippen LogP contribution in [-0.2, 0) is 9.53 Å². The second kappa shape index (κ2) is 5.78. The lowest BCUT2D eigenvalue weighted by Crippen LogP contribution is -2.29. The molecule has 0 spiro atoms. The molecule has 0 amide bonds. The number of rotatable bonds is 1. The molecule has 25 heavy (non-hydrogen) atoms. The van der Waals surface area contributed by atoms with E-state index in [-0.39, 0.29) is 17.6 Å². The van der Waals surface area contributed by atoms with E-state index in [1.54, 1.807) is 0 Å². The molecule has 4 rings (SSSR count). The number of nitrogens with zero attached hydrogens (tertiary/aromatic N) is 1. The molecule has 1 heterocycles. The lowest BCUT2D eigenvalue weighted by molar-refractivity contribution is -0.117. The van der Waals surface area contributed by atoms with Crippen LogP contribution < -0.4 is 5.73 Å². The molecule has 4 heteroatoms. The Labute approximate surface area is 146 Å². The minimum atomic E-state index is -0.458. The lowest BCUT2D eigenvalue weighted by atomic mass is 9.74. The predicted molar refractivity (Wildman–Crippen MR) is 95.0 cm³/mol. The number of carbonyl (C=O) groups excluding carboxylic acids is 1. The molecule has 0 unspecified atom stereocenters. The Morgan fingerprint density at radius 2 is 1.92 bits per heavy atom. The summed E-state index contributed by atoms with van der Waals surface area (Å²) in [6, 6.07) is 16.1. The number of fused-ring (bicyclic) bond motifs is 1. The largest absolute Gasteiger partial charge is 0.444 e. The van der Waals surface area contributed by atoms with Crippen LogP contribution in [0.1, 0.15) is 31.2 Å². The highest BCUT2D eigenvalue weighted by Gasteiger charge is 2.40. The van der Waals surface area contributed by atoms with Gasteiger partial charge in [-0.1, -0.05) is 49.4 Å². The first kappa shape index (κ1) is 15.5. The van der Waals surface area contributed by atoms with Crippen molar-refractivity contribution in [3.05, 3.63) is 70.8 Å². The Bertz CT molecular complexity index is 989. The summed E-state index contributed by atoms with van der Waals surface area (Å²) in [4.78, 5) is 12.8. The maximum absolute atomic E-state index is 12.8. The van der Waals surface area contributed by atoms with Crippen molar-refractivity contribution in [1.29, 1.82) is 5.26 Å². The molecule has 0 saturated heterocycles. The third-order valence-corrected chi connectivity index (χ3v) is 5.00. The highest BCUT2D eigenvalue weighted by atomic mass is 16.5. The van der Waals surface area contributed by atoms with Gasteiger partial charge >= 0.3 is 0 Å². The van der Waals surface area contributed by atoms with Gasteiger partial charge in [0, 0.05) is 18.4 Å². The standard InChI is InChI=1S/C21H18N2O2/c1-12-9-17(24)20-18(10-12)25-21(23)16(11-22)19(20)15-8-4-6-13-5-2-3-7-14(13)15/h2-8,12,19H,9-10,23H2,1H3/t12-,19+/m1/s1. The van der Waals surface area contributed by atoms with Gasteiger partial charge in [0.15, 0.2) is 5.78 Å². The molecule has 0 radical (unpaired) electrons. The van der Waals surface area contributed by atoms with Crippen LogP contribution in [-0.4, -0.2) is 5.78 Å². The smallest absolute Gasteiger partial charge is 0.205 e. The number of nitrogens with two attached hydrogens (primary N) is 1. The summed E-state index contributed by atoms with van der Waals surface area (Å²) in [5, 5.41) is 11.8. The van der Waals surface area contributed by atoms with Crippen molar-refractivity contribution in [2.75, 3.05) is 0 Å². The van der Waals surface area contributed by atoms with Crippen LogP contribution in [0.5, 0.6) is 0 Å². The molecule has 2 N–H and O–H groups in total. The average molecular weight is 330 g/mol. The van der Waals surface area contributed by atoms with Gasteiger partial charge in [-0.3, -0.25) is 4.79 Å². The van der Waals surface area contributed by atoms with Crippen molar-refractivity contribution >= 4 is 16.6 Å². The highest BCUT2D eigenvalue weighted by molar-refractivity contribution is 6.01. The minimum Gasteiger partial charge on any atom is -0.444 e. The van der Waals surface area contributed by atoms with Gasteiger partial charge in [0.1, 0.15) is 17.4 Å². The van der Waals surface area contributed by atoms with Crippen molar-refractivity contribution in [2.24, 2.45) is 11.7 Å². The van der Waals surface area contributed by atoms with Crippen LogP contribution >= 0.6 is 0 Å². The normalized spacial score (nSPS) is 23.3. The molecule has 2 aromatic carbocycles. The molecule has 2 atom stereocenters. The molecule has 1 aliphatic heterocycles. The van der Waals surface area contributed by atoms with Gasteiger partial charge in [-0.25, -0.2) is 0 Å². The average Bonchev–Trinajstić information content (AvgIpc) is 2.60. The molecule has 2 aromatic rings. The number of carbonyl (C=O) groups is 1. The third kappa shape index (κ3) is 2.40. The lowest BCUT2D eigenvalue weighted by Gasteiger charge is -2.33. The van der Waals surface area contributed by atoms with Gasteiger partial charge < -0.3 is 10.5 Å². The predicted octanol–water partition coefficient (Wildman–Crippen LogP) is 3.90. The quantitative estimate of drug-likeness (QED) is 0.860. The number of allylic oxidation sites excluding steroid dienone is 3. The van der Waals surface area contributed by atoms with E-state index >= 15 is 0 Å². The number of nitriles is 1. The van der Waals surface area contributed by atoms with Crippen molar-refractivity contribution in [2.45, 2.75) is 25.7 Å². The first-order valence-corrected chi connectivity index (χ1v) is 8.41. The molecule has 4 nitrogen and oxygen atoms in total. The summed E-state index contributed by atoms with van der Waals surface area (Å²) in [6.45, 7) is 2.03. The van der Waals surface area contributed by atoms with Crippen molar-refractivity contribution in [1.82, 2.24) is 0 Å². The fourth-order valence-electron chi connectivity index (χ4n) is 3.91. The van der Waals surface area contributed by atoms with Crippen molar-refractivity contribution in [3.8, 4) is 6.07 Å². The van der Waals surface area contributed by atoms with Crippen LogP contribution in [0, 0.1) is 17.2 Å². The maximum atomic E-state index is 12.8. The van der Waals surface area contributed by atoms with Gasteiger partial charge in [0.2, 0.25) is 5.88 Å². The Morgan fingerprint density at radius 1 is 1.16 bits per heavy atom. The number of ketones is 1. The molecular formula is C21H18N2O2. The van der Waals surface area contributed by atoms with E-state index < -0.39 is 5.92 Å². The third-order valence-electron chi connectivity index (χ3n) is 5.00. The number of hydrogen-bond donors (Lipinski definition) is 1. The van der Waals surface area contributed by atoms with E-state index in [0.29, 0.717) is 29.7 Å². The summed E-state index contributed by atoms with van der Waals surface area (Å²) in [5.74, 6) is 0.543. The van der Waals surface area contributed by atoms with Crippen LogP contribution in [0.25, 0.3) is 10.8 Å². The highest BCUT2D eigenvalue weighted by Crippen LogP contribution is 2.45. The summed E-state index contributed by atoms with van der Waals surface area (Å²) < 4.78 is 5.69. The van der Waals surface area contributed by atoms with E-state index in [1.165, 1.54) is 0 Å². The first-order valence-electron chi connectivity index (χ1n) is 8.41. The van der Waals surface area contributed by atoms with Crippen molar-refractivity contribution < 1.29 is 9.53 Å². The van der Waals surface area contributed by atoms with E-state index in [9.17, 15) is 10.1 Å². The maximum Gasteiger partial charge on any atom is 0.205 e. The monoisotopic (exact) mass is 330 g/mol. The second-order valence-electron chi connectivity index (χ2n) is 6.77. The summed E-state index contributed by atoms with van der Waals surface area (Å²) in [6.07, 6.45) is 1.14. The van der Waals surface area contributed by atoms with Crippen LogP contribution in [0.15, 0.2) is 65.3 Å². The topological polar surface area (TPSA) is 76.1 Å². The fourth-order valence-corrected chi connectivity index (χ4v) is 3.91. The molecule has 0 bridgehead atoms. The Kier molecular flexibility index (Phi) is 3.58. The first-order chi connectivity index (χ1) is 12.1. The Morgan fingerprint density at radius 3 is 2.72 bits per heavy atom. The second-order valence-corrected chi connectivity index (χ2v) is 6.77. The van der Waals surface area contributed by atoms with Crippen LogP contribution in [0.2, 0.25) is 0 Å². The van der Waals surface area contributed by atoms with Gasteiger partial charge in [0.05, 0.1) is 5.92 Å². The van der Waals surface area contributed by atoms with Crippen LogP contribution in [0.4, 0.5) is 0 Å². The molecule has 0 aromatic heterocycles. The summed E-state index contributed by atoms with van der Waals surface area (Å²) in [5.41, 5.74) is 7.89. The van der Waals surface area contributed by atoms with E-state index in [4.69, 9.17) is 10.5 Å². The van der Waals surface area contributed by atoms with Gasteiger partial charge in [-0.05, 0) is 22.3 Å². The number of Topliss-reactive ketones (excluding diaryl/α,β-unsaturated/α-hetero) is 1. The van der Waals surface area contributed by atoms with Crippen molar-refractivity contribution in [3.63, 3.8) is 0 Å². The van der Waals surface area contributed by atoms with Gasteiger partial charge in [0.25, 0.3) is 0 Å². The Balaban J connectivity index is 2.00. The van der Waals surface area contributed by atoms with E-state index in [2.05, 4.69) is 6.07 Å². The van der Waals surface area contributed by atoms with E-state index in [0.717, 1.165) is 16.3 Å². The van der Waals surface area contributed by atoms with Gasteiger partial charge in [-0.2, -0.15) is 5.26 Å². The summed E-state index contributed by atoms with van der Waals surface area (Å²) >= 11 is 0. The zero-order valence-electron chi connectivity index (χ0n) is 14.0.